The van der Waals surface area contributed by atoms with E-state index >= 15 is 0 Å². The molecule has 0 saturated carbocycles. The maximum atomic E-state index is 13.2. The van der Waals surface area contributed by atoms with Gasteiger partial charge in [0.1, 0.15) is 6.23 Å². The lowest BCUT2D eigenvalue weighted by Gasteiger charge is -2.34. The molecule has 3 heterocycles. The van der Waals surface area contributed by atoms with E-state index in [2.05, 4.69) is 34.8 Å². The lowest BCUT2D eigenvalue weighted by atomic mass is 9.93. The summed E-state index contributed by atoms with van der Waals surface area (Å²) >= 11 is 0. The highest BCUT2D eigenvalue weighted by Gasteiger charge is 2.28. The van der Waals surface area contributed by atoms with E-state index in [1.165, 1.54) is 11.1 Å². The van der Waals surface area contributed by atoms with Crippen molar-refractivity contribution < 1.29 is 38.4 Å². The number of carbonyl (C=O) groups excluding carboxylic acids is 3. The largest absolute Gasteiger partial charge is 0.379 e. The Hall–Kier alpha value is -4.19. The van der Waals surface area contributed by atoms with Crippen molar-refractivity contribution in [1.29, 1.82) is 0 Å². The van der Waals surface area contributed by atoms with Crippen molar-refractivity contribution in [2.24, 2.45) is 16.8 Å². The molecule has 2 atom stereocenters. The third-order valence-corrected chi connectivity index (χ3v) is 9.99. The Morgan fingerprint density at radius 2 is 1.50 bits per heavy atom. The summed E-state index contributed by atoms with van der Waals surface area (Å²) < 4.78 is 21.8. The van der Waals surface area contributed by atoms with Crippen LogP contribution in [0, 0.1) is 5.92 Å². The molecule has 6 N–H and O–H groups in total. The summed E-state index contributed by atoms with van der Waals surface area (Å²) in [6.45, 7) is 10.7. The highest BCUT2D eigenvalue weighted by molar-refractivity contribution is 6.02. The predicted molar refractivity (Wildman–Crippen MR) is 222 cm³/mol. The first kappa shape index (κ1) is 46.5. The van der Waals surface area contributed by atoms with Crippen molar-refractivity contribution in [1.82, 2.24) is 25.5 Å². The molecule has 2 aliphatic rings. The zero-order chi connectivity index (χ0) is 41.4. The van der Waals surface area contributed by atoms with Crippen molar-refractivity contribution >= 4 is 29.2 Å². The number of amides is 4. The van der Waals surface area contributed by atoms with Crippen molar-refractivity contribution in [3.63, 3.8) is 0 Å². The number of aromatic nitrogens is 1. The van der Waals surface area contributed by atoms with Gasteiger partial charge in [-0.25, -0.2) is 4.79 Å². The van der Waals surface area contributed by atoms with Crippen LogP contribution in [0.3, 0.4) is 0 Å². The minimum atomic E-state index is -0.649. The molecule has 2 aromatic rings. The molecule has 0 saturated heterocycles. The number of nitrogens with one attached hydrogen (secondary N) is 3. The monoisotopic (exact) mass is 811 g/mol. The molecule has 1 aromatic carbocycles. The molecule has 1 aromatic heterocycles. The van der Waals surface area contributed by atoms with Crippen LogP contribution >= 0.6 is 0 Å². The standard InChI is InChI=1S/C42H66N8O8/c1-3-4-8-34-28-44-29-35-30-49(31-37(34)35)42(54)47-36-11-9-33(10-12-36)41-32(2)27-40(53)50(48-41)18-7-5-6-16-45-39(52)14-19-55-21-23-57-25-26-58-24-22-56-20-17-46-38(51)13-15-43/h9-12,28-29,32,40,53H,3-8,13-27,30-31,43H2,1-2H3,(H,45,52)(H,46,51)(H,47,54). The molecule has 58 heavy (non-hydrogen) atoms. The van der Waals surface area contributed by atoms with Crippen molar-refractivity contribution in [3.8, 4) is 0 Å². The highest BCUT2D eigenvalue weighted by Crippen LogP contribution is 2.28. The third-order valence-electron chi connectivity index (χ3n) is 9.99. The van der Waals surface area contributed by atoms with E-state index in [9.17, 15) is 19.5 Å². The smallest absolute Gasteiger partial charge is 0.322 e. The summed E-state index contributed by atoms with van der Waals surface area (Å²) in [5.74, 6) is -0.0493. The maximum Gasteiger partial charge on any atom is 0.322 e. The average molecular weight is 811 g/mol. The van der Waals surface area contributed by atoms with Crippen molar-refractivity contribution in [2.75, 3.05) is 84.4 Å². The van der Waals surface area contributed by atoms with Crippen LogP contribution < -0.4 is 21.7 Å². The predicted octanol–water partition coefficient (Wildman–Crippen LogP) is 3.54. The molecule has 2 unspecified atom stereocenters. The number of urea groups is 1. The quantitative estimate of drug-likeness (QED) is 0.0788. The normalized spacial score (nSPS) is 16.2. The van der Waals surface area contributed by atoms with Gasteiger partial charge >= 0.3 is 6.03 Å². The number of benzene rings is 1. The van der Waals surface area contributed by atoms with Crippen LogP contribution in [0.25, 0.3) is 0 Å². The number of hydrogen-bond acceptors (Lipinski definition) is 12. The first-order valence-corrected chi connectivity index (χ1v) is 21.0. The number of unbranched alkanes of at least 4 members (excludes halogenated alkanes) is 3. The van der Waals surface area contributed by atoms with E-state index in [-0.39, 0.29) is 30.2 Å². The molecule has 0 aliphatic carbocycles. The fourth-order valence-corrected chi connectivity index (χ4v) is 6.72. The zero-order valence-corrected chi connectivity index (χ0v) is 34.6. The number of nitrogens with zero attached hydrogens (tertiary/aromatic N) is 4. The van der Waals surface area contributed by atoms with E-state index in [1.54, 1.807) is 5.01 Å². The molecule has 322 valence electrons. The van der Waals surface area contributed by atoms with E-state index in [0.29, 0.717) is 105 Å². The number of aliphatic hydroxyl groups excluding tert-OH is 1. The SMILES string of the molecule is CCCCc1cncc2c1CN(C(=O)Nc1ccc(C3=NN(CCCCCNC(=O)CCOCCOCCOCCOCCNC(=O)CCN)C(O)CC3C)cc1)C2. The molecule has 4 amide bonds. The highest BCUT2D eigenvalue weighted by atomic mass is 16.6. The van der Waals surface area contributed by atoms with Crippen molar-refractivity contribution in [3.05, 3.63) is 58.9 Å². The Balaban J connectivity index is 1.02. The molecule has 16 heteroatoms. The van der Waals surface area contributed by atoms with Crippen LogP contribution in [0.15, 0.2) is 41.8 Å². The number of pyridine rings is 1. The van der Waals surface area contributed by atoms with Gasteiger partial charge in [-0.1, -0.05) is 32.4 Å². The number of ether oxygens (including phenoxy) is 4. The minimum Gasteiger partial charge on any atom is -0.379 e. The molecule has 0 spiro atoms. The van der Waals surface area contributed by atoms with Crippen LogP contribution in [-0.2, 0) is 48.0 Å². The van der Waals surface area contributed by atoms with Gasteiger partial charge in [0.15, 0.2) is 0 Å². The van der Waals surface area contributed by atoms with Gasteiger partial charge in [-0.2, -0.15) is 5.10 Å². The second kappa shape index (κ2) is 26.7. The van der Waals surface area contributed by atoms with Crippen LogP contribution in [0.1, 0.15) is 87.5 Å². The number of hydrazone groups is 1. The van der Waals surface area contributed by atoms with Crippen LogP contribution in [0.5, 0.6) is 0 Å². The van der Waals surface area contributed by atoms with E-state index in [1.807, 2.05) is 41.6 Å². The third kappa shape index (κ3) is 16.6. The first-order chi connectivity index (χ1) is 28.3. The van der Waals surface area contributed by atoms with Crippen LogP contribution in [0.4, 0.5) is 10.5 Å². The number of aliphatic hydroxyl groups is 1. The number of aryl methyl sites for hydroxylation is 1. The number of nitrogens with two attached hydrogens (primary N) is 1. The Bertz CT molecular complexity index is 1560. The summed E-state index contributed by atoms with van der Waals surface area (Å²) in [6, 6.07) is 7.63. The average Bonchev–Trinajstić information content (AvgIpc) is 3.67. The van der Waals surface area contributed by atoms with Gasteiger partial charge in [0.05, 0.1) is 58.6 Å². The number of hydrogen-bond donors (Lipinski definition) is 5. The summed E-state index contributed by atoms with van der Waals surface area (Å²) in [5, 5.41) is 26.1. The van der Waals surface area contributed by atoms with Crippen LogP contribution in [0.2, 0.25) is 0 Å². The maximum absolute atomic E-state index is 13.2. The van der Waals surface area contributed by atoms with Gasteiger partial charge in [-0.05, 0) is 66.5 Å². The molecule has 4 rings (SSSR count). The van der Waals surface area contributed by atoms with E-state index in [0.717, 1.165) is 61.1 Å². The topological polar surface area (TPSA) is 202 Å². The number of carbonyl (C=O) groups is 3. The molecular weight excluding hydrogens is 745 g/mol. The molecule has 0 bridgehead atoms. The summed E-state index contributed by atoms with van der Waals surface area (Å²) in [7, 11) is 0. The van der Waals surface area contributed by atoms with Gasteiger partial charge in [0, 0.05) is 82.5 Å². The second-order valence-corrected chi connectivity index (χ2v) is 14.7. The van der Waals surface area contributed by atoms with Gasteiger partial charge in [0.2, 0.25) is 11.8 Å². The number of fused-ring (bicyclic) bond motifs is 1. The fraction of sp³-hybridized carbons (Fsp3) is 0.643. The zero-order valence-electron chi connectivity index (χ0n) is 34.6. The summed E-state index contributed by atoms with van der Waals surface area (Å²) in [5.41, 5.74) is 11.5. The van der Waals surface area contributed by atoms with Gasteiger partial charge in [-0.3, -0.25) is 19.6 Å². The first-order valence-electron chi connectivity index (χ1n) is 21.0. The second-order valence-electron chi connectivity index (χ2n) is 14.7. The number of anilines is 1. The molecule has 0 radical (unpaired) electrons. The number of rotatable bonds is 28. The Morgan fingerprint density at radius 1 is 0.828 bits per heavy atom. The molecule has 16 nitrogen and oxygen atoms in total. The molecule has 2 aliphatic heterocycles. The molecular formula is C42H66N8O8. The van der Waals surface area contributed by atoms with Gasteiger partial charge in [0.25, 0.3) is 0 Å². The van der Waals surface area contributed by atoms with E-state index < -0.39 is 6.23 Å². The van der Waals surface area contributed by atoms with Crippen LogP contribution in [-0.4, -0.2) is 129 Å². The summed E-state index contributed by atoms with van der Waals surface area (Å²) in [4.78, 5) is 42.9. The lowest BCUT2D eigenvalue weighted by Crippen LogP contribution is -2.40. The van der Waals surface area contributed by atoms with Gasteiger partial charge in [-0.15, -0.1) is 0 Å². The Morgan fingerprint density at radius 3 is 2.21 bits per heavy atom. The summed E-state index contributed by atoms with van der Waals surface area (Å²) in [6.07, 6.45) is 10.1. The molecule has 0 fully saturated rings. The fourth-order valence-electron chi connectivity index (χ4n) is 6.72. The minimum absolute atomic E-state index is 0.0506. The van der Waals surface area contributed by atoms with E-state index in [4.69, 9.17) is 29.8 Å². The Kier molecular flexibility index (Phi) is 21.4. The van der Waals surface area contributed by atoms with Gasteiger partial charge < -0.3 is 50.6 Å². The lowest BCUT2D eigenvalue weighted by molar-refractivity contribution is -0.122. The van der Waals surface area contributed by atoms with Crippen molar-refractivity contribution in [2.45, 2.75) is 91.0 Å². The Labute approximate surface area is 343 Å².